The molecule has 0 amide bonds. The van der Waals surface area contributed by atoms with Crippen molar-refractivity contribution >= 4 is 11.8 Å². The fourth-order valence-electron chi connectivity index (χ4n) is 1.26. The molecule has 0 aliphatic rings. The minimum Gasteiger partial charge on any atom is -0.506 e. The van der Waals surface area contributed by atoms with E-state index in [0.29, 0.717) is 5.82 Å². The first-order valence-electron chi connectivity index (χ1n) is 3.90. The molecule has 4 heteroatoms. The summed E-state index contributed by atoms with van der Waals surface area (Å²) in [6.07, 6.45) is 4.26. The first-order valence-corrected chi connectivity index (χ1v) is 3.90. The van der Waals surface area contributed by atoms with Crippen molar-refractivity contribution in [3.05, 3.63) is 30.4 Å². The van der Waals surface area contributed by atoms with E-state index in [-0.39, 0.29) is 12.2 Å². The topological polar surface area (TPSA) is 54.6 Å². The number of rotatable bonds is 2. The van der Waals surface area contributed by atoms with Gasteiger partial charge in [-0.05, 0) is 12.1 Å². The van der Waals surface area contributed by atoms with Crippen molar-refractivity contribution in [2.24, 2.45) is 0 Å². The molecule has 0 unspecified atom stereocenters. The zero-order valence-electron chi connectivity index (χ0n) is 6.84. The highest BCUT2D eigenvalue weighted by Crippen LogP contribution is 2.13. The van der Waals surface area contributed by atoms with Gasteiger partial charge in [-0.3, -0.25) is 4.40 Å². The van der Waals surface area contributed by atoms with Gasteiger partial charge >= 0.3 is 0 Å². The van der Waals surface area contributed by atoms with Crippen LogP contribution in [0.4, 0.5) is 0 Å². The van der Waals surface area contributed by atoms with Crippen LogP contribution in [0.1, 0.15) is 5.82 Å². The lowest BCUT2D eigenvalue weighted by Crippen LogP contribution is -1.94. The van der Waals surface area contributed by atoms with Crippen LogP contribution in [0.15, 0.2) is 24.5 Å². The fraction of sp³-hybridized carbons (Fsp3) is 0.111. The van der Waals surface area contributed by atoms with E-state index in [9.17, 15) is 9.90 Å². The number of fused-ring (bicyclic) bond motifs is 1. The maximum absolute atomic E-state index is 10.3. The summed E-state index contributed by atoms with van der Waals surface area (Å²) in [5.41, 5.74) is 0.870. The Morgan fingerprint density at radius 1 is 1.54 bits per heavy atom. The summed E-state index contributed by atoms with van der Waals surface area (Å²) in [6, 6.07) is 3.33. The molecule has 0 bridgehead atoms. The average Bonchev–Trinajstić information content (AvgIpc) is 2.49. The number of hydrogen-bond acceptors (Lipinski definition) is 3. The van der Waals surface area contributed by atoms with Gasteiger partial charge in [-0.2, -0.15) is 0 Å². The van der Waals surface area contributed by atoms with Crippen LogP contribution in [0.5, 0.6) is 5.75 Å². The highest BCUT2D eigenvalue weighted by atomic mass is 16.3. The van der Waals surface area contributed by atoms with E-state index in [0.717, 1.165) is 11.8 Å². The average molecular weight is 176 g/mol. The number of carbonyl (C=O) groups excluding carboxylic acids is 1. The Bertz CT molecular complexity index is 448. The molecule has 0 aliphatic heterocycles. The van der Waals surface area contributed by atoms with Crippen molar-refractivity contribution in [1.82, 2.24) is 9.38 Å². The van der Waals surface area contributed by atoms with Crippen molar-refractivity contribution in [1.29, 1.82) is 0 Å². The molecule has 13 heavy (non-hydrogen) atoms. The van der Waals surface area contributed by atoms with Crippen LogP contribution in [-0.2, 0) is 11.2 Å². The molecule has 0 spiro atoms. The minimum absolute atomic E-state index is 0.164. The van der Waals surface area contributed by atoms with E-state index < -0.39 is 0 Å². The van der Waals surface area contributed by atoms with Gasteiger partial charge in [0, 0.05) is 0 Å². The third-order valence-electron chi connectivity index (χ3n) is 1.85. The monoisotopic (exact) mass is 176 g/mol. The zero-order valence-corrected chi connectivity index (χ0v) is 6.84. The molecule has 0 saturated heterocycles. The largest absolute Gasteiger partial charge is 0.506 e. The van der Waals surface area contributed by atoms with Gasteiger partial charge < -0.3 is 9.90 Å². The number of pyridine rings is 1. The summed E-state index contributed by atoms with van der Waals surface area (Å²) in [5, 5.41) is 9.20. The minimum atomic E-state index is 0.164. The first kappa shape index (κ1) is 7.79. The second-order valence-electron chi connectivity index (χ2n) is 2.73. The van der Waals surface area contributed by atoms with E-state index in [1.165, 1.54) is 0 Å². The van der Waals surface area contributed by atoms with Crippen LogP contribution in [0.3, 0.4) is 0 Å². The van der Waals surface area contributed by atoms with E-state index in [1.807, 2.05) is 0 Å². The Kier molecular flexibility index (Phi) is 1.73. The molecule has 1 N–H and O–H groups in total. The molecule has 4 nitrogen and oxygen atoms in total. The Morgan fingerprint density at radius 3 is 3.15 bits per heavy atom. The molecule has 2 rings (SSSR count). The standard InChI is InChI=1S/C9H8N2O2/c12-4-3-9-10-5-7-1-2-8(13)6-11(7)9/h1-2,4-6,13H,3H2. The van der Waals surface area contributed by atoms with Crippen LogP contribution in [-0.4, -0.2) is 20.8 Å². The number of aldehydes is 1. The second-order valence-corrected chi connectivity index (χ2v) is 2.73. The molecule has 0 saturated carbocycles. The van der Waals surface area contributed by atoms with Crippen LogP contribution in [0.25, 0.3) is 5.52 Å². The molecular weight excluding hydrogens is 168 g/mol. The van der Waals surface area contributed by atoms with Gasteiger partial charge in [0.1, 0.15) is 17.9 Å². The number of carbonyl (C=O) groups is 1. The maximum atomic E-state index is 10.3. The Morgan fingerprint density at radius 2 is 2.38 bits per heavy atom. The molecule has 0 fully saturated rings. The third-order valence-corrected chi connectivity index (χ3v) is 1.85. The van der Waals surface area contributed by atoms with Gasteiger partial charge in [0.15, 0.2) is 0 Å². The summed E-state index contributed by atoms with van der Waals surface area (Å²) in [6.45, 7) is 0. The normalized spacial score (nSPS) is 10.5. The first-order chi connectivity index (χ1) is 6.31. The van der Waals surface area contributed by atoms with Gasteiger partial charge in [0.05, 0.1) is 24.3 Å². The molecule has 0 aliphatic carbocycles. The zero-order chi connectivity index (χ0) is 9.26. The lowest BCUT2D eigenvalue weighted by molar-refractivity contribution is -0.107. The van der Waals surface area contributed by atoms with Gasteiger partial charge in [-0.15, -0.1) is 0 Å². The number of hydrogen-bond donors (Lipinski definition) is 1. The van der Waals surface area contributed by atoms with Crippen molar-refractivity contribution in [2.75, 3.05) is 0 Å². The van der Waals surface area contributed by atoms with Crippen LogP contribution < -0.4 is 0 Å². The summed E-state index contributed by atoms with van der Waals surface area (Å²) in [4.78, 5) is 14.3. The Balaban J connectivity index is 2.64. The van der Waals surface area contributed by atoms with Crippen molar-refractivity contribution in [3.8, 4) is 5.75 Å². The number of aromatic hydroxyl groups is 1. The summed E-state index contributed by atoms with van der Waals surface area (Å²) < 4.78 is 1.70. The van der Waals surface area contributed by atoms with Crippen LogP contribution in [0.2, 0.25) is 0 Å². The van der Waals surface area contributed by atoms with E-state index in [2.05, 4.69) is 4.98 Å². The van der Waals surface area contributed by atoms with E-state index in [4.69, 9.17) is 0 Å². The predicted octanol–water partition coefficient (Wildman–Crippen LogP) is 0.781. The van der Waals surface area contributed by atoms with Gasteiger partial charge in [-0.1, -0.05) is 0 Å². The molecule has 66 valence electrons. The van der Waals surface area contributed by atoms with Crippen molar-refractivity contribution in [3.63, 3.8) is 0 Å². The number of imidazole rings is 1. The molecule has 0 atom stereocenters. The summed E-state index contributed by atoms with van der Waals surface area (Å²) >= 11 is 0. The third kappa shape index (κ3) is 1.26. The van der Waals surface area contributed by atoms with E-state index >= 15 is 0 Å². The number of nitrogens with zero attached hydrogens (tertiary/aromatic N) is 2. The van der Waals surface area contributed by atoms with Gasteiger partial charge in [-0.25, -0.2) is 4.98 Å². The Labute approximate surface area is 74.5 Å². The number of aromatic nitrogens is 2. The lowest BCUT2D eigenvalue weighted by Gasteiger charge is -1.97. The molecule has 2 aromatic heterocycles. The van der Waals surface area contributed by atoms with Crippen molar-refractivity contribution in [2.45, 2.75) is 6.42 Å². The molecule has 2 heterocycles. The van der Waals surface area contributed by atoms with Gasteiger partial charge in [0.25, 0.3) is 0 Å². The quantitative estimate of drug-likeness (QED) is 0.688. The van der Waals surface area contributed by atoms with Crippen LogP contribution in [0, 0.1) is 0 Å². The lowest BCUT2D eigenvalue weighted by atomic mass is 10.4. The fourth-order valence-corrected chi connectivity index (χ4v) is 1.26. The molecule has 0 radical (unpaired) electrons. The van der Waals surface area contributed by atoms with Crippen LogP contribution >= 0.6 is 0 Å². The SMILES string of the molecule is O=CCc1ncc2ccc(O)cn12. The van der Waals surface area contributed by atoms with Crippen molar-refractivity contribution < 1.29 is 9.90 Å². The highest BCUT2D eigenvalue weighted by Gasteiger charge is 2.02. The van der Waals surface area contributed by atoms with Gasteiger partial charge in [0.2, 0.25) is 0 Å². The predicted molar refractivity (Wildman–Crippen MR) is 46.6 cm³/mol. The Hall–Kier alpha value is -1.84. The molecule has 2 aromatic rings. The second kappa shape index (κ2) is 2.90. The molecule has 0 aromatic carbocycles. The highest BCUT2D eigenvalue weighted by molar-refractivity contribution is 5.56. The maximum Gasteiger partial charge on any atom is 0.132 e. The smallest absolute Gasteiger partial charge is 0.132 e. The summed E-state index contributed by atoms with van der Waals surface area (Å²) in [7, 11) is 0. The summed E-state index contributed by atoms with van der Waals surface area (Å²) in [5.74, 6) is 0.804. The molecular formula is C9H8N2O2. The van der Waals surface area contributed by atoms with E-state index in [1.54, 1.807) is 28.9 Å².